The summed E-state index contributed by atoms with van der Waals surface area (Å²) in [4.78, 5) is 15.7. The number of nitrogens with one attached hydrogen (secondary N) is 1. The molecule has 23 heavy (non-hydrogen) atoms. The molecule has 0 spiro atoms. The van der Waals surface area contributed by atoms with E-state index in [-0.39, 0.29) is 17.2 Å². The largest absolute Gasteiger partial charge is 0.497 e. The Morgan fingerprint density at radius 2 is 2.13 bits per heavy atom. The lowest BCUT2D eigenvalue weighted by molar-refractivity contribution is -0.130. The first kappa shape index (κ1) is 16.1. The van der Waals surface area contributed by atoms with Gasteiger partial charge in [0.05, 0.1) is 18.4 Å². The molecule has 1 N–H and O–H groups in total. The van der Waals surface area contributed by atoms with Crippen molar-refractivity contribution in [2.75, 3.05) is 13.7 Å². The van der Waals surface area contributed by atoms with Crippen molar-refractivity contribution in [3.63, 3.8) is 0 Å². The molecule has 6 heteroatoms. The van der Waals surface area contributed by atoms with Gasteiger partial charge in [0.1, 0.15) is 5.75 Å². The van der Waals surface area contributed by atoms with Gasteiger partial charge in [-0.2, -0.15) is 0 Å². The maximum atomic E-state index is 12.9. The third-order valence-corrected chi connectivity index (χ3v) is 5.61. The van der Waals surface area contributed by atoms with Gasteiger partial charge in [-0.15, -0.1) is 18.3 Å². The van der Waals surface area contributed by atoms with E-state index in [4.69, 9.17) is 17.0 Å². The number of amides is 1. The van der Waals surface area contributed by atoms with E-state index in [9.17, 15) is 4.79 Å². The molecule has 1 fully saturated rings. The van der Waals surface area contributed by atoms with E-state index in [0.717, 1.165) is 21.8 Å². The molecule has 2 aliphatic rings. The van der Waals surface area contributed by atoms with E-state index >= 15 is 0 Å². The predicted molar refractivity (Wildman–Crippen MR) is 98.1 cm³/mol. The number of benzene rings is 1. The SMILES string of the molecule is C=CCN1C(=O)C2C(c3ccc(OC)cc3)=C(C)SC2NC1=S. The van der Waals surface area contributed by atoms with E-state index in [1.165, 1.54) is 0 Å². The summed E-state index contributed by atoms with van der Waals surface area (Å²) >= 11 is 6.98. The van der Waals surface area contributed by atoms with Crippen molar-refractivity contribution < 1.29 is 9.53 Å². The summed E-state index contributed by atoms with van der Waals surface area (Å²) in [5, 5.41) is 3.73. The molecule has 0 bridgehead atoms. The Morgan fingerprint density at radius 3 is 2.74 bits per heavy atom. The summed E-state index contributed by atoms with van der Waals surface area (Å²) in [7, 11) is 1.64. The molecule has 2 unspecified atom stereocenters. The van der Waals surface area contributed by atoms with Crippen LogP contribution in [0.1, 0.15) is 12.5 Å². The van der Waals surface area contributed by atoms with Crippen LogP contribution in [-0.2, 0) is 4.79 Å². The topological polar surface area (TPSA) is 41.6 Å². The Bertz CT molecular complexity index is 697. The third kappa shape index (κ3) is 2.77. The number of carbonyl (C=O) groups is 1. The maximum Gasteiger partial charge on any atom is 0.239 e. The van der Waals surface area contributed by atoms with E-state index in [0.29, 0.717) is 11.7 Å². The van der Waals surface area contributed by atoms with Crippen LogP contribution in [0, 0.1) is 5.92 Å². The van der Waals surface area contributed by atoms with Gasteiger partial charge in [-0.1, -0.05) is 18.2 Å². The zero-order valence-electron chi connectivity index (χ0n) is 13.0. The smallest absolute Gasteiger partial charge is 0.239 e. The van der Waals surface area contributed by atoms with Crippen molar-refractivity contribution in [2.45, 2.75) is 12.3 Å². The summed E-state index contributed by atoms with van der Waals surface area (Å²) in [6.07, 6.45) is 1.69. The molecule has 2 aliphatic heterocycles. The van der Waals surface area contributed by atoms with Gasteiger partial charge in [-0.05, 0) is 47.3 Å². The van der Waals surface area contributed by atoms with Gasteiger partial charge in [0.25, 0.3) is 0 Å². The average molecular weight is 346 g/mol. The zero-order valence-corrected chi connectivity index (χ0v) is 14.7. The fourth-order valence-corrected chi connectivity index (χ4v) is 4.66. The molecular weight excluding hydrogens is 328 g/mol. The minimum absolute atomic E-state index is 0.0341. The summed E-state index contributed by atoms with van der Waals surface area (Å²) in [6.45, 7) is 6.19. The fourth-order valence-electron chi connectivity index (χ4n) is 2.98. The van der Waals surface area contributed by atoms with Crippen molar-refractivity contribution in [3.05, 3.63) is 47.4 Å². The zero-order chi connectivity index (χ0) is 16.6. The lowest BCUT2D eigenvalue weighted by Crippen LogP contribution is -2.57. The molecule has 3 rings (SSSR count). The van der Waals surface area contributed by atoms with Crippen LogP contribution in [-0.4, -0.2) is 34.9 Å². The Labute approximate surface area is 145 Å². The lowest BCUT2D eigenvalue weighted by atomic mass is 9.90. The van der Waals surface area contributed by atoms with Crippen molar-refractivity contribution in [2.24, 2.45) is 5.92 Å². The number of thioether (sulfide) groups is 1. The van der Waals surface area contributed by atoms with Crippen molar-refractivity contribution in [1.29, 1.82) is 0 Å². The number of fused-ring (bicyclic) bond motifs is 1. The van der Waals surface area contributed by atoms with Gasteiger partial charge in [0.15, 0.2) is 5.11 Å². The second-order valence-corrected chi connectivity index (χ2v) is 7.14. The number of hydrogen-bond acceptors (Lipinski definition) is 4. The standard InChI is InChI=1S/C17H18N2O2S2/c1-4-9-19-16(20)14-13(10(2)23-15(14)18-17(19)22)11-5-7-12(21-3)8-6-11/h4-8,14-15H,1,9H2,2-3H3,(H,18,22). The first-order chi connectivity index (χ1) is 11.1. The highest BCUT2D eigenvalue weighted by Crippen LogP contribution is 2.48. The number of methoxy groups -OCH3 is 1. The van der Waals surface area contributed by atoms with Crippen LogP contribution in [0.2, 0.25) is 0 Å². The molecule has 0 saturated carbocycles. The van der Waals surface area contributed by atoms with Crippen molar-refractivity contribution in [1.82, 2.24) is 10.2 Å². The number of rotatable bonds is 4. The average Bonchev–Trinajstić information content (AvgIpc) is 2.87. The Kier molecular flexibility index (Phi) is 4.46. The van der Waals surface area contributed by atoms with E-state index in [2.05, 4.69) is 18.8 Å². The monoisotopic (exact) mass is 346 g/mol. The minimum Gasteiger partial charge on any atom is -0.497 e. The first-order valence-corrected chi connectivity index (χ1v) is 8.60. The molecule has 1 amide bonds. The quantitative estimate of drug-likeness (QED) is 0.670. The van der Waals surface area contributed by atoms with Gasteiger partial charge in [0, 0.05) is 6.54 Å². The van der Waals surface area contributed by atoms with Crippen LogP contribution in [0.5, 0.6) is 5.75 Å². The first-order valence-electron chi connectivity index (χ1n) is 7.31. The number of allylic oxidation sites excluding steroid dienone is 1. The van der Waals surface area contributed by atoms with E-state index < -0.39 is 0 Å². The number of carbonyl (C=O) groups excluding carboxylic acids is 1. The van der Waals surface area contributed by atoms with Gasteiger partial charge in [0.2, 0.25) is 5.91 Å². The highest BCUT2D eigenvalue weighted by Gasteiger charge is 2.46. The maximum absolute atomic E-state index is 12.9. The molecule has 0 aliphatic carbocycles. The highest BCUT2D eigenvalue weighted by molar-refractivity contribution is 8.04. The molecule has 1 saturated heterocycles. The van der Waals surface area contributed by atoms with Gasteiger partial charge < -0.3 is 10.1 Å². The van der Waals surface area contributed by atoms with Crippen LogP contribution in [0.3, 0.4) is 0 Å². The molecular formula is C17H18N2O2S2. The third-order valence-electron chi connectivity index (χ3n) is 4.05. The number of thiocarbonyl (C=S) groups is 1. The lowest BCUT2D eigenvalue weighted by Gasteiger charge is -2.36. The highest BCUT2D eigenvalue weighted by atomic mass is 32.2. The van der Waals surface area contributed by atoms with Crippen LogP contribution in [0.4, 0.5) is 0 Å². The Hall–Kier alpha value is -1.79. The molecule has 0 radical (unpaired) electrons. The van der Waals surface area contributed by atoms with Crippen LogP contribution < -0.4 is 10.1 Å². The summed E-state index contributed by atoms with van der Waals surface area (Å²) < 4.78 is 5.21. The van der Waals surface area contributed by atoms with Crippen LogP contribution in [0.25, 0.3) is 5.57 Å². The molecule has 0 aromatic heterocycles. The molecule has 2 heterocycles. The molecule has 1 aromatic carbocycles. The number of hydrogen-bond donors (Lipinski definition) is 1. The second kappa shape index (κ2) is 6.37. The molecule has 2 atom stereocenters. The minimum atomic E-state index is -0.236. The number of nitrogens with zero attached hydrogens (tertiary/aromatic N) is 1. The van der Waals surface area contributed by atoms with Crippen molar-refractivity contribution >= 4 is 40.6 Å². The normalized spacial score (nSPS) is 23.7. The van der Waals surface area contributed by atoms with Crippen molar-refractivity contribution in [3.8, 4) is 5.75 Å². The molecule has 4 nitrogen and oxygen atoms in total. The van der Waals surface area contributed by atoms with E-state index in [1.54, 1.807) is 29.8 Å². The number of ether oxygens (including phenoxy) is 1. The Balaban J connectivity index is 1.97. The summed E-state index contributed by atoms with van der Waals surface area (Å²) in [5.74, 6) is 0.602. The van der Waals surface area contributed by atoms with Crippen LogP contribution >= 0.6 is 24.0 Å². The molecule has 1 aromatic rings. The Morgan fingerprint density at radius 1 is 1.43 bits per heavy atom. The molecule has 120 valence electrons. The van der Waals surface area contributed by atoms with Crippen LogP contribution in [0.15, 0.2) is 41.8 Å². The van der Waals surface area contributed by atoms with Gasteiger partial charge in [-0.25, -0.2) is 0 Å². The van der Waals surface area contributed by atoms with Gasteiger partial charge >= 0.3 is 0 Å². The van der Waals surface area contributed by atoms with E-state index in [1.807, 2.05) is 24.3 Å². The summed E-state index contributed by atoms with van der Waals surface area (Å²) in [6, 6.07) is 7.83. The predicted octanol–water partition coefficient (Wildman–Crippen LogP) is 3.02. The van der Waals surface area contributed by atoms with Gasteiger partial charge in [-0.3, -0.25) is 9.69 Å². The summed E-state index contributed by atoms with van der Waals surface area (Å²) in [5.41, 5.74) is 2.11. The second-order valence-electron chi connectivity index (χ2n) is 5.40. The fraction of sp³-hybridized carbons (Fsp3) is 0.294.